The molecule has 5 nitrogen and oxygen atoms in total. The van der Waals surface area contributed by atoms with Crippen LogP contribution in [0.4, 0.5) is 5.69 Å². The molecule has 1 atom stereocenters. The molecule has 94 valence electrons. The highest BCUT2D eigenvalue weighted by molar-refractivity contribution is 5.85. The van der Waals surface area contributed by atoms with Gasteiger partial charge in [-0.1, -0.05) is 12.1 Å². The lowest BCUT2D eigenvalue weighted by molar-refractivity contribution is -0.385. The maximum absolute atomic E-state index is 10.8. The van der Waals surface area contributed by atoms with E-state index >= 15 is 0 Å². The van der Waals surface area contributed by atoms with E-state index in [0.29, 0.717) is 5.56 Å². The average molecular weight is 258 g/mol. The molecule has 2 N–H and O–H groups in total. The molecule has 1 aliphatic heterocycles. The SMILES string of the molecule is Cc1ccc([C@@H]2CNCCN2)cc1[N+](=O)[O-].Cl. The van der Waals surface area contributed by atoms with Gasteiger partial charge in [0.25, 0.3) is 5.69 Å². The van der Waals surface area contributed by atoms with E-state index in [9.17, 15) is 10.1 Å². The lowest BCUT2D eigenvalue weighted by Crippen LogP contribution is -2.42. The Kier molecular flexibility index (Phi) is 4.86. The molecule has 6 heteroatoms. The van der Waals surface area contributed by atoms with Crippen molar-refractivity contribution in [2.75, 3.05) is 19.6 Å². The summed E-state index contributed by atoms with van der Waals surface area (Å²) in [5, 5.41) is 17.4. The molecule has 1 aromatic rings. The van der Waals surface area contributed by atoms with E-state index in [1.807, 2.05) is 12.1 Å². The standard InChI is InChI=1S/C11H15N3O2.ClH/c1-8-2-3-9(6-11(8)14(15)16)10-7-12-4-5-13-10;/h2-3,6,10,12-13H,4-5,7H2,1H3;1H/t10-;/m0./s1. The molecule has 1 heterocycles. The van der Waals surface area contributed by atoms with Crippen molar-refractivity contribution in [2.45, 2.75) is 13.0 Å². The number of benzene rings is 1. The highest BCUT2D eigenvalue weighted by Gasteiger charge is 2.18. The van der Waals surface area contributed by atoms with Gasteiger partial charge in [0.2, 0.25) is 0 Å². The monoisotopic (exact) mass is 257 g/mol. The van der Waals surface area contributed by atoms with Gasteiger partial charge in [-0.3, -0.25) is 10.1 Å². The predicted octanol–water partition coefficient (Wildman–Crippen LogP) is 1.56. The second-order valence-corrected chi connectivity index (χ2v) is 4.01. The number of hydrogen-bond donors (Lipinski definition) is 2. The maximum atomic E-state index is 10.8. The van der Waals surface area contributed by atoms with E-state index in [0.717, 1.165) is 25.2 Å². The van der Waals surface area contributed by atoms with Crippen LogP contribution in [0.1, 0.15) is 17.2 Å². The summed E-state index contributed by atoms with van der Waals surface area (Å²) in [7, 11) is 0. The van der Waals surface area contributed by atoms with Gasteiger partial charge in [-0.2, -0.15) is 0 Å². The highest BCUT2D eigenvalue weighted by atomic mass is 35.5. The summed E-state index contributed by atoms with van der Waals surface area (Å²) in [6.45, 7) is 4.42. The topological polar surface area (TPSA) is 67.2 Å². The molecule has 1 aromatic carbocycles. The zero-order valence-corrected chi connectivity index (χ0v) is 10.4. The predicted molar refractivity (Wildman–Crippen MR) is 68.7 cm³/mol. The highest BCUT2D eigenvalue weighted by Crippen LogP contribution is 2.23. The fraction of sp³-hybridized carbons (Fsp3) is 0.455. The van der Waals surface area contributed by atoms with Gasteiger partial charge in [-0.15, -0.1) is 12.4 Å². The third kappa shape index (κ3) is 3.15. The number of nitro groups is 1. The molecule has 1 aliphatic rings. The van der Waals surface area contributed by atoms with Crippen LogP contribution in [-0.4, -0.2) is 24.6 Å². The molecule has 0 bridgehead atoms. The van der Waals surface area contributed by atoms with Gasteiger partial charge >= 0.3 is 0 Å². The van der Waals surface area contributed by atoms with Crippen molar-refractivity contribution < 1.29 is 4.92 Å². The molecule has 1 saturated heterocycles. The number of piperazine rings is 1. The van der Waals surface area contributed by atoms with Gasteiger partial charge in [0.05, 0.1) is 4.92 Å². The van der Waals surface area contributed by atoms with Crippen LogP contribution in [-0.2, 0) is 0 Å². The first-order valence-corrected chi connectivity index (χ1v) is 5.37. The number of aryl methyl sites for hydroxylation is 1. The quantitative estimate of drug-likeness (QED) is 0.623. The van der Waals surface area contributed by atoms with Crippen molar-refractivity contribution in [3.05, 3.63) is 39.4 Å². The van der Waals surface area contributed by atoms with Gasteiger partial charge in [0.15, 0.2) is 0 Å². The van der Waals surface area contributed by atoms with Crippen molar-refractivity contribution >= 4 is 18.1 Å². The Morgan fingerprint density at radius 3 is 2.76 bits per heavy atom. The number of nitrogens with one attached hydrogen (secondary N) is 2. The summed E-state index contributed by atoms with van der Waals surface area (Å²) in [6.07, 6.45) is 0. The van der Waals surface area contributed by atoms with Crippen molar-refractivity contribution in [3.8, 4) is 0 Å². The summed E-state index contributed by atoms with van der Waals surface area (Å²) >= 11 is 0. The van der Waals surface area contributed by atoms with Gasteiger partial charge in [-0.25, -0.2) is 0 Å². The first kappa shape index (κ1) is 13.9. The average Bonchev–Trinajstić information content (AvgIpc) is 2.30. The van der Waals surface area contributed by atoms with E-state index < -0.39 is 0 Å². The van der Waals surface area contributed by atoms with Gasteiger partial charge in [0, 0.05) is 37.3 Å². The number of halogens is 1. The number of nitrogens with zero attached hydrogens (tertiary/aromatic N) is 1. The Labute approximate surface area is 106 Å². The molecule has 17 heavy (non-hydrogen) atoms. The Balaban J connectivity index is 0.00000144. The molecule has 0 unspecified atom stereocenters. The summed E-state index contributed by atoms with van der Waals surface area (Å²) in [5.74, 6) is 0. The van der Waals surface area contributed by atoms with Crippen molar-refractivity contribution in [2.24, 2.45) is 0 Å². The molecule has 0 spiro atoms. The first-order chi connectivity index (χ1) is 7.68. The Hall–Kier alpha value is -1.17. The second kappa shape index (κ2) is 5.95. The molecular formula is C11H16ClN3O2. The zero-order valence-electron chi connectivity index (χ0n) is 9.60. The summed E-state index contributed by atoms with van der Waals surface area (Å²) in [4.78, 5) is 10.5. The minimum absolute atomic E-state index is 0. The van der Waals surface area contributed by atoms with Crippen LogP contribution < -0.4 is 10.6 Å². The first-order valence-electron chi connectivity index (χ1n) is 5.37. The molecular weight excluding hydrogens is 242 g/mol. The zero-order chi connectivity index (χ0) is 11.5. The van der Waals surface area contributed by atoms with Gasteiger partial charge in [0.1, 0.15) is 0 Å². The van der Waals surface area contributed by atoms with Crippen LogP contribution in [0.15, 0.2) is 18.2 Å². The van der Waals surface area contributed by atoms with E-state index in [2.05, 4.69) is 10.6 Å². The van der Waals surface area contributed by atoms with Crippen molar-refractivity contribution in [3.63, 3.8) is 0 Å². The third-order valence-electron chi connectivity index (χ3n) is 2.87. The summed E-state index contributed by atoms with van der Waals surface area (Å²) < 4.78 is 0. The molecule has 0 radical (unpaired) electrons. The summed E-state index contributed by atoms with van der Waals surface area (Å²) in [6, 6.07) is 5.60. The van der Waals surface area contributed by atoms with E-state index in [4.69, 9.17) is 0 Å². The molecule has 0 aromatic heterocycles. The Morgan fingerprint density at radius 2 is 2.18 bits per heavy atom. The molecule has 2 rings (SSSR count). The van der Waals surface area contributed by atoms with E-state index in [-0.39, 0.29) is 29.1 Å². The van der Waals surface area contributed by atoms with Crippen LogP contribution >= 0.6 is 12.4 Å². The molecule has 0 amide bonds. The van der Waals surface area contributed by atoms with Crippen molar-refractivity contribution in [1.82, 2.24) is 10.6 Å². The number of rotatable bonds is 2. The number of nitro benzene ring substituents is 1. The third-order valence-corrected chi connectivity index (χ3v) is 2.87. The Bertz CT molecular complexity index is 406. The molecule has 0 aliphatic carbocycles. The van der Waals surface area contributed by atoms with Gasteiger partial charge in [-0.05, 0) is 12.5 Å². The van der Waals surface area contributed by atoms with Crippen LogP contribution in [0.5, 0.6) is 0 Å². The molecule has 0 saturated carbocycles. The normalized spacial score (nSPS) is 19.5. The minimum Gasteiger partial charge on any atom is -0.314 e. The smallest absolute Gasteiger partial charge is 0.272 e. The van der Waals surface area contributed by atoms with Crippen LogP contribution in [0.3, 0.4) is 0 Å². The van der Waals surface area contributed by atoms with Crippen LogP contribution in [0.25, 0.3) is 0 Å². The maximum Gasteiger partial charge on any atom is 0.272 e. The van der Waals surface area contributed by atoms with Gasteiger partial charge < -0.3 is 10.6 Å². The minimum atomic E-state index is -0.324. The molecule has 1 fully saturated rings. The Morgan fingerprint density at radius 1 is 1.41 bits per heavy atom. The van der Waals surface area contributed by atoms with Crippen molar-refractivity contribution in [1.29, 1.82) is 0 Å². The van der Waals surface area contributed by atoms with Crippen LogP contribution in [0.2, 0.25) is 0 Å². The van der Waals surface area contributed by atoms with E-state index in [1.54, 1.807) is 13.0 Å². The summed E-state index contributed by atoms with van der Waals surface area (Å²) in [5.41, 5.74) is 1.88. The fourth-order valence-corrected chi connectivity index (χ4v) is 1.93. The van der Waals surface area contributed by atoms with E-state index in [1.165, 1.54) is 0 Å². The largest absolute Gasteiger partial charge is 0.314 e. The number of hydrogen-bond acceptors (Lipinski definition) is 4. The van der Waals surface area contributed by atoms with Crippen LogP contribution in [0, 0.1) is 17.0 Å². The lowest BCUT2D eigenvalue weighted by atomic mass is 10.0. The lowest BCUT2D eigenvalue weighted by Gasteiger charge is -2.24. The fourth-order valence-electron chi connectivity index (χ4n) is 1.93. The second-order valence-electron chi connectivity index (χ2n) is 4.01.